The van der Waals surface area contributed by atoms with E-state index in [-0.39, 0.29) is 12.5 Å². The fraction of sp³-hybridized carbons (Fsp3) is 0.714. The Labute approximate surface area is 113 Å². The molecule has 0 aliphatic carbocycles. The summed E-state index contributed by atoms with van der Waals surface area (Å²) in [6.07, 6.45) is 3.02. The Balaban J connectivity index is 1.82. The van der Waals surface area contributed by atoms with Gasteiger partial charge in [-0.15, -0.1) is 0 Å². The van der Waals surface area contributed by atoms with Crippen molar-refractivity contribution < 1.29 is 14.4 Å². The first-order chi connectivity index (χ1) is 9.11. The van der Waals surface area contributed by atoms with Gasteiger partial charge in [-0.25, -0.2) is 0 Å². The average molecular weight is 266 g/mol. The average Bonchev–Trinajstić information content (AvgIpc) is 2.96. The standard InChI is InChI=1S/C14H22N2O3/c1-10-13(11(2)19-15-10)3-4-14(18)16-7-5-12(9-16)6-8-17/h12,17H,3-9H2,1-2H3. The maximum atomic E-state index is 12.1. The van der Waals surface area contributed by atoms with Gasteiger partial charge in [0.2, 0.25) is 5.91 Å². The smallest absolute Gasteiger partial charge is 0.222 e. The van der Waals surface area contributed by atoms with E-state index in [2.05, 4.69) is 5.16 Å². The summed E-state index contributed by atoms with van der Waals surface area (Å²) in [6.45, 7) is 5.62. The van der Waals surface area contributed by atoms with Crippen molar-refractivity contribution in [2.45, 2.75) is 39.5 Å². The van der Waals surface area contributed by atoms with E-state index in [1.165, 1.54) is 0 Å². The van der Waals surface area contributed by atoms with Crippen molar-refractivity contribution in [2.75, 3.05) is 19.7 Å². The number of carbonyl (C=O) groups is 1. The molecule has 1 N–H and O–H groups in total. The van der Waals surface area contributed by atoms with Crippen LogP contribution in [0.15, 0.2) is 4.52 Å². The molecule has 2 rings (SSSR count). The zero-order valence-electron chi connectivity index (χ0n) is 11.7. The predicted molar refractivity (Wildman–Crippen MR) is 70.7 cm³/mol. The summed E-state index contributed by atoms with van der Waals surface area (Å²) in [5.74, 6) is 1.47. The molecule has 2 heterocycles. The third-order valence-corrected chi connectivity index (χ3v) is 3.95. The number of carbonyl (C=O) groups excluding carboxylic acids is 1. The fourth-order valence-electron chi connectivity index (χ4n) is 2.73. The first-order valence-electron chi connectivity index (χ1n) is 6.92. The summed E-state index contributed by atoms with van der Waals surface area (Å²) in [4.78, 5) is 14.0. The molecule has 1 aromatic heterocycles. The molecule has 0 bridgehead atoms. The molecule has 1 aliphatic rings. The van der Waals surface area contributed by atoms with Gasteiger partial charge in [-0.1, -0.05) is 5.16 Å². The molecule has 1 fully saturated rings. The SMILES string of the molecule is Cc1noc(C)c1CCC(=O)N1CCC(CCO)C1. The Morgan fingerprint density at radius 3 is 2.95 bits per heavy atom. The monoisotopic (exact) mass is 266 g/mol. The lowest BCUT2D eigenvalue weighted by Gasteiger charge is -2.16. The highest BCUT2D eigenvalue weighted by molar-refractivity contribution is 5.76. The first-order valence-corrected chi connectivity index (χ1v) is 6.92. The van der Waals surface area contributed by atoms with Crippen LogP contribution in [0.5, 0.6) is 0 Å². The van der Waals surface area contributed by atoms with Gasteiger partial charge in [-0.3, -0.25) is 4.79 Å². The number of hydrogen-bond acceptors (Lipinski definition) is 4. The van der Waals surface area contributed by atoms with E-state index >= 15 is 0 Å². The van der Waals surface area contributed by atoms with Crippen LogP contribution in [0.2, 0.25) is 0 Å². The van der Waals surface area contributed by atoms with E-state index in [4.69, 9.17) is 9.63 Å². The molecular weight excluding hydrogens is 244 g/mol. The van der Waals surface area contributed by atoms with Gasteiger partial charge in [0.25, 0.3) is 0 Å². The summed E-state index contributed by atoms with van der Waals surface area (Å²) in [5.41, 5.74) is 1.93. The van der Waals surface area contributed by atoms with Crippen molar-refractivity contribution in [1.82, 2.24) is 10.1 Å². The Morgan fingerprint density at radius 2 is 2.32 bits per heavy atom. The molecule has 0 aromatic carbocycles. The molecule has 1 aromatic rings. The lowest BCUT2D eigenvalue weighted by atomic mass is 10.1. The van der Waals surface area contributed by atoms with E-state index in [1.54, 1.807) is 0 Å². The van der Waals surface area contributed by atoms with Gasteiger partial charge in [0, 0.05) is 31.7 Å². The van der Waals surface area contributed by atoms with Crippen LogP contribution in [0.3, 0.4) is 0 Å². The highest BCUT2D eigenvalue weighted by Crippen LogP contribution is 2.21. The Hall–Kier alpha value is -1.36. The fourth-order valence-corrected chi connectivity index (χ4v) is 2.73. The van der Waals surface area contributed by atoms with E-state index in [0.29, 0.717) is 18.8 Å². The molecule has 1 unspecified atom stereocenters. The molecule has 1 saturated heterocycles. The van der Waals surface area contributed by atoms with Gasteiger partial charge in [0.15, 0.2) is 0 Å². The van der Waals surface area contributed by atoms with Crippen LogP contribution in [0.25, 0.3) is 0 Å². The first kappa shape index (κ1) is 14.1. The molecule has 5 heteroatoms. The third-order valence-electron chi connectivity index (χ3n) is 3.95. The van der Waals surface area contributed by atoms with Crippen molar-refractivity contribution in [3.63, 3.8) is 0 Å². The van der Waals surface area contributed by atoms with Crippen molar-refractivity contribution in [3.8, 4) is 0 Å². The number of amides is 1. The van der Waals surface area contributed by atoms with Gasteiger partial charge in [0.05, 0.1) is 5.69 Å². The van der Waals surface area contributed by atoms with Crippen LogP contribution in [0.4, 0.5) is 0 Å². The van der Waals surface area contributed by atoms with Crippen molar-refractivity contribution in [1.29, 1.82) is 0 Å². The van der Waals surface area contributed by atoms with E-state index in [0.717, 1.165) is 42.9 Å². The van der Waals surface area contributed by atoms with Gasteiger partial charge in [0.1, 0.15) is 5.76 Å². The topological polar surface area (TPSA) is 66.6 Å². The van der Waals surface area contributed by atoms with Crippen molar-refractivity contribution >= 4 is 5.91 Å². The maximum absolute atomic E-state index is 12.1. The second kappa shape index (κ2) is 6.19. The predicted octanol–water partition coefficient (Wildman–Crippen LogP) is 1.45. The molecule has 19 heavy (non-hydrogen) atoms. The van der Waals surface area contributed by atoms with E-state index in [1.807, 2.05) is 18.7 Å². The molecule has 1 aliphatic heterocycles. The third kappa shape index (κ3) is 3.35. The quantitative estimate of drug-likeness (QED) is 0.876. The molecule has 0 spiro atoms. The van der Waals surface area contributed by atoms with Crippen LogP contribution in [-0.2, 0) is 11.2 Å². The largest absolute Gasteiger partial charge is 0.396 e. The molecule has 1 amide bonds. The maximum Gasteiger partial charge on any atom is 0.222 e. The number of nitrogens with zero attached hydrogens (tertiary/aromatic N) is 2. The number of aryl methyl sites for hydroxylation is 2. The highest BCUT2D eigenvalue weighted by Gasteiger charge is 2.25. The summed E-state index contributed by atoms with van der Waals surface area (Å²) >= 11 is 0. The summed E-state index contributed by atoms with van der Waals surface area (Å²) < 4.78 is 5.10. The molecular formula is C14H22N2O3. The number of rotatable bonds is 5. The number of aliphatic hydroxyl groups excluding tert-OH is 1. The number of likely N-dealkylation sites (tertiary alicyclic amines) is 1. The second-order valence-corrected chi connectivity index (χ2v) is 5.31. The minimum atomic E-state index is 0.195. The van der Waals surface area contributed by atoms with Crippen LogP contribution in [0.1, 0.15) is 36.3 Å². The van der Waals surface area contributed by atoms with E-state index < -0.39 is 0 Å². The normalized spacial score (nSPS) is 19.1. The van der Waals surface area contributed by atoms with Gasteiger partial charge in [-0.2, -0.15) is 0 Å². The zero-order chi connectivity index (χ0) is 13.8. The molecule has 106 valence electrons. The number of aromatic nitrogens is 1. The van der Waals surface area contributed by atoms with Crippen LogP contribution in [0, 0.1) is 19.8 Å². The number of hydrogen-bond donors (Lipinski definition) is 1. The Bertz CT molecular complexity index is 422. The molecule has 1 atom stereocenters. The molecule has 0 saturated carbocycles. The van der Waals surface area contributed by atoms with Crippen molar-refractivity contribution in [3.05, 3.63) is 17.0 Å². The Kier molecular flexibility index (Phi) is 4.58. The van der Waals surface area contributed by atoms with Gasteiger partial charge >= 0.3 is 0 Å². The summed E-state index contributed by atoms with van der Waals surface area (Å²) in [6, 6.07) is 0. The van der Waals surface area contributed by atoms with Crippen LogP contribution < -0.4 is 0 Å². The van der Waals surface area contributed by atoms with Gasteiger partial charge in [-0.05, 0) is 39.0 Å². The summed E-state index contributed by atoms with van der Waals surface area (Å²) in [5, 5.41) is 12.8. The second-order valence-electron chi connectivity index (χ2n) is 5.31. The highest BCUT2D eigenvalue weighted by atomic mass is 16.5. The number of aliphatic hydroxyl groups is 1. The lowest BCUT2D eigenvalue weighted by molar-refractivity contribution is -0.130. The molecule has 5 nitrogen and oxygen atoms in total. The summed E-state index contributed by atoms with van der Waals surface area (Å²) in [7, 11) is 0. The van der Waals surface area contributed by atoms with Gasteiger partial charge < -0.3 is 14.5 Å². The van der Waals surface area contributed by atoms with E-state index in [9.17, 15) is 4.79 Å². The zero-order valence-corrected chi connectivity index (χ0v) is 11.7. The van der Waals surface area contributed by atoms with Crippen LogP contribution >= 0.6 is 0 Å². The minimum Gasteiger partial charge on any atom is -0.396 e. The molecule has 0 radical (unpaired) electrons. The van der Waals surface area contributed by atoms with Crippen LogP contribution in [-0.4, -0.2) is 40.8 Å². The van der Waals surface area contributed by atoms with Crippen molar-refractivity contribution in [2.24, 2.45) is 5.92 Å². The minimum absolute atomic E-state index is 0.195. The lowest BCUT2D eigenvalue weighted by Crippen LogP contribution is -2.29. The Morgan fingerprint density at radius 1 is 1.53 bits per heavy atom.